The van der Waals surface area contributed by atoms with Crippen molar-refractivity contribution < 1.29 is 39.8 Å². The largest absolute Gasteiger partial charge is 0.504 e. The third-order valence-corrected chi connectivity index (χ3v) is 4.71. The number of aliphatic hydroxyl groups is 2. The third-order valence-electron chi connectivity index (χ3n) is 4.71. The number of hydrogen-bond acceptors (Lipinski definition) is 8. The lowest BCUT2D eigenvalue weighted by Gasteiger charge is -2.29. The number of ether oxygens (including phenoxy) is 2. The number of β-amino-alcohol motifs (C(OH)–C–C–N with tert-alkyl or cyclic N) is 1. The van der Waals surface area contributed by atoms with Gasteiger partial charge in [0.25, 0.3) is 0 Å². The molecule has 0 aromatic heterocycles. The Morgan fingerprint density at radius 3 is 2.16 bits per heavy atom. The molecule has 1 aliphatic carbocycles. The van der Waals surface area contributed by atoms with E-state index in [0.29, 0.717) is 12.8 Å². The summed E-state index contributed by atoms with van der Waals surface area (Å²) in [6, 6.07) is 0. The van der Waals surface area contributed by atoms with Gasteiger partial charge in [-0.3, -0.25) is 4.79 Å². The molecule has 1 aromatic carbocycles. The molecule has 9 heteroatoms. The summed E-state index contributed by atoms with van der Waals surface area (Å²) in [5.74, 6) is -5.10. The number of amides is 1. The van der Waals surface area contributed by atoms with E-state index in [2.05, 4.69) is 5.32 Å². The monoisotopic (exact) mass is 355 g/mol. The number of aromatic hydroxyl groups is 3. The lowest BCUT2D eigenvalue weighted by Crippen LogP contribution is -2.33. The maximum atomic E-state index is 11.5. The molecular weight excluding hydrogens is 334 g/mol. The molecule has 0 spiro atoms. The smallest absolute Gasteiger partial charge is 0.223 e. The Hall–Kier alpha value is -2.39. The number of methoxy groups -OCH3 is 1. The number of benzene rings is 1. The van der Waals surface area contributed by atoms with Gasteiger partial charge in [0, 0.05) is 12.8 Å². The van der Waals surface area contributed by atoms with Crippen LogP contribution in [0.25, 0.3) is 0 Å². The van der Waals surface area contributed by atoms with E-state index in [9.17, 15) is 30.3 Å². The number of rotatable bonds is 4. The zero-order valence-corrected chi connectivity index (χ0v) is 13.7. The normalized spacial score (nSPS) is 25.0. The molecule has 3 rings (SSSR count). The van der Waals surface area contributed by atoms with Crippen molar-refractivity contribution in [3.05, 3.63) is 5.56 Å². The van der Waals surface area contributed by atoms with Crippen molar-refractivity contribution in [1.82, 2.24) is 5.32 Å². The van der Waals surface area contributed by atoms with Gasteiger partial charge in [0.05, 0.1) is 25.6 Å². The zero-order chi connectivity index (χ0) is 18.4. The van der Waals surface area contributed by atoms with Crippen LogP contribution in [0.1, 0.15) is 37.7 Å². The number of carbonyl (C=O) groups is 1. The highest BCUT2D eigenvalue weighted by molar-refractivity contribution is 5.82. The molecule has 9 nitrogen and oxygen atoms in total. The Morgan fingerprint density at radius 2 is 1.64 bits per heavy atom. The SMILES string of the molecule is COc1c(O)c(O)c(C2(O)CNC(=O)C2)c(O)c1OC1(O)CCCC1. The van der Waals surface area contributed by atoms with E-state index < -0.39 is 52.3 Å². The van der Waals surface area contributed by atoms with E-state index in [4.69, 9.17) is 9.47 Å². The highest BCUT2D eigenvalue weighted by Gasteiger charge is 2.46. The first kappa shape index (κ1) is 17.4. The minimum Gasteiger partial charge on any atom is -0.504 e. The van der Waals surface area contributed by atoms with Crippen molar-refractivity contribution in [2.24, 2.45) is 0 Å². The molecule has 1 atom stereocenters. The van der Waals surface area contributed by atoms with Crippen molar-refractivity contribution in [1.29, 1.82) is 0 Å². The maximum absolute atomic E-state index is 11.5. The molecule has 25 heavy (non-hydrogen) atoms. The number of carbonyl (C=O) groups excluding carboxylic acids is 1. The highest BCUT2D eigenvalue weighted by atomic mass is 16.6. The van der Waals surface area contributed by atoms with Gasteiger partial charge in [0.2, 0.25) is 28.9 Å². The Bertz CT molecular complexity index is 713. The lowest BCUT2D eigenvalue weighted by molar-refractivity contribution is -0.132. The molecule has 1 saturated heterocycles. The van der Waals surface area contributed by atoms with Crippen LogP contribution >= 0.6 is 0 Å². The molecular formula is C16H21NO8. The summed E-state index contributed by atoms with van der Waals surface area (Å²) in [7, 11) is 1.19. The van der Waals surface area contributed by atoms with Gasteiger partial charge < -0.3 is 40.3 Å². The average molecular weight is 355 g/mol. The van der Waals surface area contributed by atoms with E-state index in [1.54, 1.807) is 0 Å². The summed E-state index contributed by atoms with van der Waals surface area (Å²) in [5, 5.41) is 54.6. The Balaban J connectivity index is 2.15. The van der Waals surface area contributed by atoms with E-state index in [1.165, 1.54) is 7.11 Å². The molecule has 1 aromatic rings. The first-order chi connectivity index (χ1) is 11.7. The van der Waals surface area contributed by atoms with Crippen LogP contribution in [-0.4, -0.2) is 50.9 Å². The van der Waals surface area contributed by atoms with E-state index in [0.717, 1.165) is 12.8 Å². The maximum Gasteiger partial charge on any atom is 0.223 e. The Labute approximate surface area is 143 Å². The van der Waals surface area contributed by atoms with Gasteiger partial charge in [-0.25, -0.2) is 0 Å². The summed E-state index contributed by atoms with van der Waals surface area (Å²) in [6.07, 6.45) is 1.66. The van der Waals surface area contributed by atoms with Crippen LogP contribution in [0.4, 0.5) is 0 Å². The summed E-state index contributed by atoms with van der Waals surface area (Å²) in [6.45, 7) is -0.261. The summed E-state index contributed by atoms with van der Waals surface area (Å²) in [5.41, 5.74) is -2.40. The number of nitrogens with one attached hydrogen (secondary N) is 1. The molecule has 2 aliphatic rings. The van der Waals surface area contributed by atoms with Gasteiger partial charge in [0.1, 0.15) is 5.60 Å². The van der Waals surface area contributed by atoms with Gasteiger partial charge in [-0.05, 0) is 12.8 Å². The van der Waals surface area contributed by atoms with Gasteiger partial charge in [0.15, 0.2) is 11.5 Å². The highest BCUT2D eigenvalue weighted by Crippen LogP contribution is 2.57. The minimum atomic E-state index is -1.94. The lowest BCUT2D eigenvalue weighted by atomic mass is 9.90. The summed E-state index contributed by atoms with van der Waals surface area (Å²) >= 11 is 0. The fourth-order valence-electron chi connectivity index (χ4n) is 3.42. The fourth-order valence-corrected chi connectivity index (χ4v) is 3.42. The van der Waals surface area contributed by atoms with Gasteiger partial charge >= 0.3 is 0 Å². The van der Waals surface area contributed by atoms with Crippen molar-refractivity contribution >= 4 is 5.91 Å². The third kappa shape index (κ3) is 2.79. The van der Waals surface area contributed by atoms with E-state index in [-0.39, 0.29) is 12.3 Å². The van der Waals surface area contributed by atoms with Crippen LogP contribution in [0.2, 0.25) is 0 Å². The molecule has 1 heterocycles. The summed E-state index contributed by atoms with van der Waals surface area (Å²) < 4.78 is 10.5. The van der Waals surface area contributed by atoms with Crippen LogP contribution < -0.4 is 14.8 Å². The van der Waals surface area contributed by atoms with Crippen LogP contribution in [-0.2, 0) is 10.4 Å². The molecule has 1 unspecified atom stereocenters. The van der Waals surface area contributed by atoms with E-state index in [1.807, 2.05) is 0 Å². The van der Waals surface area contributed by atoms with Gasteiger partial charge in [-0.2, -0.15) is 0 Å². The number of phenols is 3. The fraction of sp³-hybridized carbons (Fsp3) is 0.562. The van der Waals surface area contributed by atoms with Gasteiger partial charge in [-0.1, -0.05) is 0 Å². The first-order valence-corrected chi connectivity index (χ1v) is 7.96. The van der Waals surface area contributed by atoms with Crippen molar-refractivity contribution in [2.45, 2.75) is 43.5 Å². The first-order valence-electron chi connectivity index (χ1n) is 7.96. The Kier molecular flexibility index (Phi) is 4.08. The van der Waals surface area contributed by atoms with Gasteiger partial charge in [-0.15, -0.1) is 0 Å². The molecule has 0 bridgehead atoms. The summed E-state index contributed by atoms with van der Waals surface area (Å²) in [4.78, 5) is 11.5. The molecule has 0 radical (unpaired) electrons. The van der Waals surface area contributed by atoms with Crippen LogP contribution in [0.3, 0.4) is 0 Å². The minimum absolute atomic E-state index is 0.261. The predicted molar refractivity (Wildman–Crippen MR) is 83.6 cm³/mol. The van der Waals surface area contributed by atoms with Crippen molar-refractivity contribution in [3.8, 4) is 28.7 Å². The zero-order valence-electron chi connectivity index (χ0n) is 13.7. The van der Waals surface area contributed by atoms with Crippen LogP contribution in [0.15, 0.2) is 0 Å². The Morgan fingerprint density at radius 1 is 1.00 bits per heavy atom. The van der Waals surface area contributed by atoms with Crippen LogP contribution in [0, 0.1) is 0 Å². The standard InChI is InChI=1S/C16H21NO8/c1-24-13-12(21)10(19)9(15(22)6-8(18)17-7-15)11(20)14(13)25-16(23)4-2-3-5-16/h19-23H,2-7H2,1H3,(H,17,18). The molecule has 1 saturated carbocycles. The molecule has 138 valence electrons. The second-order valence-corrected chi connectivity index (χ2v) is 6.52. The molecule has 6 N–H and O–H groups in total. The number of phenolic OH excluding ortho intramolecular Hbond substituents is 3. The molecule has 1 aliphatic heterocycles. The number of hydrogen-bond donors (Lipinski definition) is 6. The van der Waals surface area contributed by atoms with Crippen LogP contribution in [0.5, 0.6) is 28.7 Å². The predicted octanol–water partition coefficient (Wildman–Crippen LogP) is 0.161. The average Bonchev–Trinajstić information content (AvgIpc) is 3.12. The quantitative estimate of drug-likeness (QED) is 0.254. The second kappa shape index (κ2) is 5.85. The second-order valence-electron chi connectivity index (χ2n) is 6.52. The molecule has 2 fully saturated rings. The molecule has 1 amide bonds. The van der Waals surface area contributed by atoms with E-state index >= 15 is 0 Å². The van der Waals surface area contributed by atoms with Crippen molar-refractivity contribution in [2.75, 3.05) is 13.7 Å². The topological polar surface area (TPSA) is 149 Å². The van der Waals surface area contributed by atoms with Crippen molar-refractivity contribution in [3.63, 3.8) is 0 Å².